The number of halogens is 1. The topological polar surface area (TPSA) is 48.5 Å². The summed E-state index contributed by atoms with van der Waals surface area (Å²) in [4.78, 5) is 23.2. The predicted molar refractivity (Wildman–Crippen MR) is 115 cm³/mol. The minimum atomic E-state index is -0.0853. The molecule has 0 spiro atoms. The zero-order valence-corrected chi connectivity index (χ0v) is 17.0. The number of hydrogen-bond donors (Lipinski definition) is 1. The van der Waals surface area contributed by atoms with Gasteiger partial charge in [0, 0.05) is 32.9 Å². The molecule has 1 N–H and O–H groups in total. The number of H-pyrrole nitrogens is 1. The van der Waals surface area contributed by atoms with Gasteiger partial charge in [-0.2, -0.15) is 0 Å². The summed E-state index contributed by atoms with van der Waals surface area (Å²) >= 11 is 7.65. The highest BCUT2D eigenvalue weighted by Crippen LogP contribution is 2.29. The van der Waals surface area contributed by atoms with Crippen LogP contribution in [0.2, 0.25) is 5.02 Å². The molecule has 4 nitrogen and oxygen atoms in total. The smallest absolute Gasteiger partial charge is 0.264 e. The van der Waals surface area contributed by atoms with Crippen molar-refractivity contribution < 1.29 is 4.79 Å². The molecular weight excluding hydrogens is 378 g/mol. The number of nitrogens with zero attached hydrogens (tertiary/aromatic N) is 2. The molecule has 0 fully saturated rings. The fourth-order valence-corrected chi connectivity index (χ4v) is 4.37. The number of thioether (sulfide) groups is 1. The summed E-state index contributed by atoms with van der Waals surface area (Å²) in [5, 5.41) is 2.45. The number of amidine groups is 1. The summed E-state index contributed by atoms with van der Waals surface area (Å²) in [5.74, 6) is 0.791. The van der Waals surface area contributed by atoms with Crippen LogP contribution in [0.4, 0.5) is 5.69 Å². The lowest BCUT2D eigenvalue weighted by Gasteiger charge is -2.22. The third kappa shape index (κ3) is 3.37. The summed E-state index contributed by atoms with van der Waals surface area (Å²) in [6.45, 7) is 6.17. The fraction of sp³-hybridized carbons (Fsp3) is 0.238. The van der Waals surface area contributed by atoms with Crippen LogP contribution in [0.15, 0.2) is 47.5 Å². The number of fused-ring (bicyclic) bond motifs is 1. The maximum atomic E-state index is 13.5. The van der Waals surface area contributed by atoms with Crippen LogP contribution in [0.25, 0.3) is 10.9 Å². The van der Waals surface area contributed by atoms with Gasteiger partial charge in [0.15, 0.2) is 5.17 Å². The lowest BCUT2D eigenvalue weighted by Crippen LogP contribution is -2.34. The van der Waals surface area contributed by atoms with Crippen molar-refractivity contribution in [2.75, 3.05) is 10.7 Å². The summed E-state index contributed by atoms with van der Waals surface area (Å²) in [6, 6.07) is 13.3. The Bertz CT molecular complexity index is 1060. The first-order chi connectivity index (χ1) is 12.9. The van der Waals surface area contributed by atoms with E-state index in [2.05, 4.69) is 23.8 Å². The molecule has 1 aromatic heterocycles. The van der Waals surface area contributed by atoms with Crippen molar-refractivity contribution in [2.24, 2.45) is 4.99 Å². The minimum Gasteiger partial charge on any atom is -0.358 e. The maximum Gasteiger partial charge on any atom is 0.264 e. The van der Waals surface area contributed by atoms with Crippen LogP contribution >= 0.6 is 23.4 Å². The number of hydrogen-bond acceptors (Lipinski definition) is 3. The first-order valence-electron chi connectivity index (χ1n) is 8.83. The number of aromatic amines is 1. The van der Waals surface area contributed by atoms with E-state index in [1.807, 2.05) is 37.3 Å². The molecule has 0 aliphatic carbocycles. The third-order valence-corrected chi connectivity index (χ3v) is 6.27. The van der Waals surface area contributed by atoms with Gasteiger partial charge in [-0.25, -0.2) is 0 Å². The number of rotatable bonds is 2. The molecule has 0 saturated carbocycles. The average Bonchev–Trinajstić information content (AvgIpc) is 3.20. The highest BCUT2D eigenvalue weighted by molar-refractivity contribution is 8.14. The van der Waals surface area contributed by atoms with E-state index >= 15 is 0 Å². The van der Waals surface area contributed by atoms with Gasteiger partial charge in [0.2, 0.25) is 0 Å². The number of aryl methyl sites for hydroxylation is 2. The first kappa shape index (κ1) is 18.1. The SMILES string of the molecule is Cc1[nH]c2ccc(C(=O)N(C3=N[C@H](C)CS3)c3ccc(Cl)cc3)cc2c1C. The normalized spacial score (nSPS) is 16.6. The Hall–Kier alpha value is -2.24. The molecule has 0 unspecified atom stereocenters. The summed E-state index contributed by atoms with van der Waals surface area (Å²) in [5.41, 5.74) is 4.74. The summed E-state index contributed by atoms with van der Waals surface area (Å²) < 4.78 is 0. The number of amides is 1. The molecular formula is C21H20ClN3OS. The van der Waals surface area contributed by atoms with Gasteiger partial charge in [-0.1, -0.05) is 23.4 Å². The fourth-order valence-electron chi connectivity index (χ4n) is 3.21. The molecule has 0 radical (unpaired) electrons. The highest BCUT2D eigenvalue weighted by atomic mass is 35.5. The molecule has 2 heterocycles. The number of aliphatic imine (C=N–C) groups is 1. The Balaban J connectivity index is 1.79. The zero-order valence-electron chi connectivity index (χ0n) is 15.4. The van der Waals surface area contributed by atoms with Gasteiger partial charge in [0.25, 0.3) is 5.91 Å². The van der Waals surface area contributed by atoms with Gasteiger partial charge in [0.1, 0.15) is 0 Å². The Morgan fingerprint density at radius 1 is 1.22 bits per heavy atom. The highest BCUT2D eigenvalue weighted by Gasteiger charge is 2.28. The second-order valence-corrected chi connectivity index (χ2v) is 8.25. The number of carbonyl (C=O) groups is 1. The van der Waals surface area contributed by atoms with E-state index in [0.29, 0.717) is 10.6 Å². The van der Waals surface area contributed by atoms with Crippen molar-refractivity contribution in [1.82, 2.24) is 4.98 Å². The second-order valence-electron chi connectivity index (χ2n) is 6.82. The van der Waals surface area contributed by atoms with Crippen LogP contribution in [0.3, 0.4) is 0 Å². The van der Waals surface area contributed by atoms with Crippen LogP contribution in [-0.4, -0.2) is 27.9 Å². The van der Waals surface area contributed by atoms with Gasteiger partial charge >= 0.3 is 0 Å². The number of carbonyl (C=O) groups excluding carboxylic acids is 1. The van der Waals surface area contributed by atoms with Gasteiger partial charge < -0.3 is 4.98 Å². The van der Waals surface area contributed by atoms with E-state index in [1.54, 1.807) is 28.8 Å². The van der Waals surface area contributed by atoms with Crippen molar-refractivity contribution in [3.63, 3.8) is 0 Å². The van der Waals surface area contributed by atoms with Crippen molar-refractivity contribution >= 4 is 51.0 Å². The Morgan fingerprint density at radius 2 is 1.96 bits per heavy atom. The van der Waals surface area contributed by atoms with Gasteiger partial charge in [-0.05, 0) is 68.8 Å². The lowest BCUT2D eigenvalue weighted by molar-refractivity contribution is 0.100. The number of benzene rings is 2. The largest absolute Gasteiger partial charge is 0.358 e. The van der Waals surface area contributed by atoms with E-state index < -0.39 is 0 Å². The standard InChI is InChI=1S/C21H20ClN3OS/c1-12-11-27-21(23-12)25(17-7-5-16(22)6-8-17)20(26)15-4-9-19-18(10-15)13(2)14(3)24-19/h4-10,12,24H,11H2,1-3H3/t12-/m1/s1. The van der Waals surface area contributed by atoms with Crippen LogP contribution < -0.4 is 4.90 Å². The van der Waals surface area contributed by atoms with Gasteiger partial charge in [0.05, 0.1) is 11.7 Å². The van der Waals surface area contributed by atoms with Gasteiger partial charge in [-0.3, -0.25) is 14.7 Å². The maximum absolute atomic E-state index is 13.5. The van der Waals surface area contributed by atoms with Crippen LogP contribution in [-0.2, 0) is 0 Å². The second kappa shape index (κ2) is 7.06. The van der Waals surface area contributed by atoms with Crippen LogP contribution in [0.5, 0.6) is 0 Å². The molecule has 3 aromatic rings. The summed E-state index contributed by atoms with van der Waals surface area (Å²) in [6.07, 6.45) is 0. The van der Waals surface area contributed by atoms with E-state index in [4.69, 9.17) is 11.6 Å². The van der Waals surface area contributed by atoms with Crippen molar-refractivity contribution in [3.8, 4) is 0 Å². The number of anilines is 1. The molecule has 0 saturated heterocycles. The van der Waals surface area contributed by atoms with Gasteiger partial charge in [-0.15, -0.1) is 0 Å². The van der Waals surface area contributed by atoms with Crippen LogP contribution in [0.1, 0.15) is 28.5 Å². The van der Waals surface area contributed by atoms with Crippen molar-refractivity contribution in [2.45, 2.75) is 26.8 Å². The molecule has 4 rings (SSSR count). The molecule has 1 amide bonds. The van der Waals surface area contributed by atoms with Crippen molar-refractivity contribution in [3.05, 3.63) is 64.3 Å². The molecule has 1 aliphatic rings. The summed E-state index contributed by atoms with van der Waals surface area (Å²) in [7, 11) is 0. The molecule has 2 aromatic carbocycles. The average molecular weight is 398 g/mol. The Kier molecular flexibility index (Phi) is 4.74. The van der Waals surface area contributed by atoms with E-state index in [-0.39, 0.29) is 11.9 Å². The Labute approximate surface area is 167 Å². The number of nitrogens with one attached hydrogen (secondary N) is 1. The van der Waals surface area contributed by atoms with Crippen LogP contribution in [0, 0.1) is 13.8 Å². The monoisotopic (exact) mass is 397 g/mol. The molecule has 1 atom stereocenters. The lowest BCUT2D eigenvalue weighted by atomic mass is 10.1. The molecule has 138 valence electrons. The molecule has 1 aliphatic heterocycles. The molecule has 27 heavy (non-hydrogen) atoms. The van der Waals surface area contributed by atoms with E-state index in [9.17, 15) is 4.79 Å². The first-order valence-corrected chi connectivity index (χ1v) is 10.2. The Morgan fingerprint density at radius 3 is 2.63 bits per heavy atom. The predicted octanol–water partition coefficient (Wildman–Crippen LogP) is 5.58. The minimum absolute atomic E-state index is 0.0853. The van der Waals surface area contributed by atoms with Crippen molar-refractivity contribution in [1.29, 1.82) is 0 Å². The third-order valence-electron chi connectivity index (χ3n) is 4.82. The molecule has 6 heteroatoms. The zero-order chi connectivity index (χ0) is 19.1. The van der Waals surface area contributed by atoms with E-state index in [0.717, 1.165) is 33.2 Å². The van der Waals surface area contributed by atoms with E-state index in [1.165, 1.54) is 5.56 Å². The number of aromatic nitrogens is 1. The quantitative estimate of drug-likeness (QED) is 0.613. The molecule has 0 bridgehead atoms.